The zero-order valence-electron chi connectivity index (χ0n) is 16.3. The number of hydrogen-bond donors (Lipinski definition) is 1. The highest BCUT2D eigenvalue weighted by Crippen LogP contribution is 2.68. The normalized spacial score (nSPS) is 55.2. The number of aliphatic hydroxyl groups excluding tert-OH is 1. The van der Waals surface area contributed by atoms with E-state index in [4.69, 9.17) is 0 Å². The SMILES string of the molecule is CC(=O)[C@H]1[C@H](C)C[C@@H]2[C@@H]3CC[C@@H]4CC(=O)CC[C@]4(C)[C@@H]3[C@H](O)C[C@@]21C. The molecule has 25 heavy (non-hydrogen) atoms. The fourth-order valence-corrected chi connectivity index (χ4v) is 8.40. The molecule has 4 aliphatic carbocycles. The largest absolute Gasteiger partial charge is 0.393 e. The van der Waals surface area contributed by atoms with Gasteiger partial charge in [0.2, 0.25) is 0 Å². The highest BCUT2D eigenvalue weighted by Gasteiger charge is 2.64. The minimum absolute atomic E-state index is 0.0421. The average molecular weight is 347 g/mol. The molecule has 0 aliphatic heterocycles. The van der Waals surface area contributed by atoms with Crippen LogP contribution in [0.2, 0.25) is 0 Å². The predicted molar refractivity (Wildman–Crippen MR) is 96.8 cm³/mol. The number of hydrogen-bond acceptors (Lipinski definition) is 3. The molecule has 3 nitrogen and oxygen atoms in total. The van der Waals surface area contributed by atoms with Gasteiger partial charge in [0.1, 0.15) is 11.6 Å². The van der Waals surface area contributed by atoms with E-state index in [-0.39, 0.29) is 22.9 Å². The van der Waals surface area contributed by atoms with E-state index in [1.165, 1.54) is 0 Å². The topological polar surface area (TPSA) is 54.4 Å². The predicted octanol–water partition coefficient (Wildman–Crippen LogP) is 4.02. The summed E-state index contributed by atoms with van der Waals surface area (Å²) in [5.74, 6) is 3.11. The molecule has 9 atom stereocenters. The van der Waals surface area contributed by atoms with E-state index >= 15 is 0 Å². The van der Waals surface area contributed by atoms with E-state index in [2.05, 4.69) is 20.8 Å². The first-order valence-electron chi connectivity index (χ1n) is 10.4. The molecule has 3 heteroatoms. The molecule has 140 valence electrons. The lowest BCUT2D eigenvalue weighted by atomic mass is 9.44. The van der Waals surface area contributed by atoms with Crippen molar-refractivity contribution in [2.75, 3.05) is 0 Å². The average Bonchev–Trinajstić information content (AvgIpc) is 2.77. The van der Waals surface area contributed by atoms with Gasteiger partial charge in [0.05, 0.1) is 6.10 Å². The zero-order valence-corrected chi connectivity index (χ0v) is 16.3. The first-order valence-corrected chi connectivity index (χ1v) is 10.4. The molecule has 0 aromatic rings. The summed E-state index contributed by atoms with van der Waals surface area (Å²) in [6.45, 7) is 8.63. The van der Waals surface area contributed by atoms with Crippen molar-refractivity contribution >= 4 is 11.6 Å². The molecular formula is C22H34O3. The van der Waals surface area contributed by atoms with E-state index in [1.54, 1.807) is 6.92 Å². The van der Waals surface area contributed by atoms with Gasteiger partial charge in [-0.3, -0.25) is 9.59 Å². The molecule has 4 fully saturated rings. The van der Waals surface area contributed by atoms with Gasteiger partial charge in [0.25, 0.3) is 0 Å². The first-order chi connectivity index (χ1) is 11.7. The van der Waals surface area contributed by atoms with Crippen LogP contribution >= 0.6 is 0 Å². The quantitative estimate of drug-likeness (QED) is 0.780. The number of rotatable bonds is 1. The standard InChI is InChI=1S/C22H34O3/c1-12-9-17-16-6-5-14-10-15(24)7-8-21(14,3)20(16)18(25)11-22(17,4)19(12)13(2)23/h12,14,16-20,25H,5-11H2,1-4H3/t12-,14-,16+,17-,18-,19-,20+,21+,22+/m1/s1. The maximum absolute atomic E-state index is 12.4. The van der Waals surface area contributed by atoms with Crippen LogP contribution in [0.1, 0.15) is 72.6 Å². The van der Waals surface area contributed by atoms with Crippen LogP contribution in [0.4, 0.5) is 0 Å². The molecule has 0 saturated heterocycles. The second-order valence-electron chi connectivity index (χ2n) is 10.4. The second-order valence-corrected chi connectivity index (χ2v) is 10.4. The Balaban J connectivity index is 1.70. The Hall–Kier alpha value is -0.700. The van der Waals surface area contributed by atoms with Gasteiger partial charge >= 0.3 is 0 Å². The fourth-order valence-electron chi connectivity index (χ4n) is 8.40. The maximum Gasteiger partial charge on any atom is 0.133 e. The summed E-state index contributed by atoms with van der Waals surface area (Å²) in [5.41, 5.74) is 0.0641. The highest BCUT2D eigenvalue weighted by atomic mass is 16.3. The Labute approximate surface area is 151 Å². The molecule has 0 amide bonds. The number of carbonyl (C=O) groups excluding carboxylic acids is 2. The van der Waals surface area contributed by atoms with Gasteiger partial charge in [-0.25, -0.2) is 0 Å². The number of Topliss-reactive ketones (excluding diaryl/α,β-unsaturated/α-hetero) is 2. The lowest BCUT2D eigenvalue weighted by Crippen LogP contribution is -2.59. The third-order valence-corrected chi connectivity index (χ3v) is 9.19. The maximum atomic E-state index is 12.4. The van der Waals surface area contributed by atoms with Gasteiger partial charge in [-0.15, -0.1) is 0 Å². The van der Waals surface area contributed by atoms with Crippen molar-refractivity contribution in [2.45, 2.75) is 78.7 Å². The summed E-state index contributed by atoms with van der Waals surface area (Å²) in [5, 5.41) is 11.3. The van der Waals surface area contributed by atoms with Crippen molar-refractivity contribution in [3.05, 3.63) is 0 Å². The summed E-state index contributed by atoms with van der Waals surface area (Å²) in [6.07, 6.45) is 6.20. The van der Waals surface area contributed by atoms with Crippen LogP contribution in [0.5, 0.6) is 0 Å². The molecule has 4 rings (SSSR count). The van der Waals surface area contributed by atoms with Gasteiger partial charge in [0.15, 0.2) is 0 Å². The van der Waals surface area contributed by atoms with Crippen LogP contribution in [0, 0.1) is 46.3 Å². The third kappa shape index (κ3) is 2.33. The van der Waals surface area contributed by atoms with Crippen molar-refractivity contribution in [2.24, 2.45) is 46.3 Å². The van der Waals surface area contributed by atoms with Crippen LogP contribution < -0.4 is 0 Å². The molecule has 0 aromatic heterocycles. The van der Waals surface area contributed by atoms with Crippen LogP contribution in [-0.4, -0.2) is 22.8 Å². The van der Waals surface area contributed by atoms with Gasteiger partial charge in [-0.05, 0) is 79.4 Å². The summed E-state index contributed by atoms with van der Waals surface area (Å²) < 4.78 is 0. The van der Waals surface area contributed by atoms with Crippen molar-refractivity contribution in [3.8, 4) is 0 Å². The molecule has 0 aromatic carbocycles. The monoisotopic (exact) mass is 346 g/mol. The van der Waals surface area contributed by atoms with E-state index in [0.29, 0.717) is 47.6 Å². The minimum Gasteiger partial charge on any atom is -0.393 e. The second kappa shape index (κ2) is 5.65. The summed E-state index contributed by atoms with van der Waals surface area (Å²) in [6, 6.07) is 0. The molecule has 0 spiro atoms. The fraction of sp³-hybridized carbons (Fsp3) is 0.909. The highest BCUT2D eigenvalue weighted by molar-refractivity contribution is 5.80. The van der Waals surface area contributed by atoms with Crippen molar-refractivity contribution < 1.29 is 14.7 Å². The molecule has 0 unspecified atom stereocenters. The summed E-state index contributed by atoms with van der Waals surface area (Å²) >= 11 is 0. The third-order valence-electron chi connectivity index (χ3n) is 9.19. The van der Waals surface area contributed by atoms with Crippen LogP contribution in [-0.2, 0) is 9.59 Å². The van der Waals surface area contributed by atoms with Crippen molar-refractivity contribution in [1.82, 2.24) is 0 Å². The smallest absolute Gasteiger partial charge is 0.133 e. The van der Waals surface area contributed by atoms with E-state index in [1.807, 2.05) is 0 Å². The van der Waals surface area contributed by atoms with Gasteiger partial charge in [0, 0.05) is 18.8 Å². The van der Waals surface area contributed by atoms with E-state index in [9.17, 15) is 14.7 Å². The Bertz CT molecular complexity index is 598. The van der Waals surface area contributed by atoms with Gasteiger partial charge < -0.3 is 5.11 Å². The first kappa shape index (κ1) is 17.7. The minimum atomic E-state index is -0.320. The molecule has 0 heterocycles. The number of fused-ring (bicyclic) bond motifs is 5. The number of ketones is 2. The van der Waals surface area contributed by atoms with Crippen LogP contribution in [0.25, 0.3) is 0 Å². The molecule has 4 aliphatic rings. The van der Waals surface area contributed by atoms with E-state index in [0.717, 1.165) is 38.5 Å². The lowest BCUT2D eigenvalue weighted by Gasteiger charge is -2.61. The van der Waals surface area contributed by atoms with Crippen molar-refractivity contribution in [3.63, 3.8) is 0 Å². The van der Waals surface area contributed by atoms with E-state index < -0.39 is 0 Å². The molecule has 0 radical (unpaired) electrons. The Morgan fingerprint density at radius 1 is 1.20 bits per heavy atom. The lowest BCUT2D eigenvalue weighted by molar-refractivity contribution is -0.174. The molecule has 1 N–H and O–H groups in total. The molecule has 0 bridgehead atoms. The van der Waals surface area contributed by atoms with Crippen LogP contribution in [0.3, 0.4) is 0 Å². The summed E-state index contributed by atoms with van der Waals surface area (Å²) in [7, 11) is 0. The van der Waals surface area contributed by atoms with Gasteiger partial charge in [-0.2, -0.15) is 0 Å². The van der Waals surface area contributed by atoms with Crippen LogP contribution in [0.15, 0.2) is 0 Å². The van der Waals surface area contributed by atoms with Gasteiger partial charge in [-0.1, -0.05) is 20.8 Å². The summed E-state index contributed by atoms with van der Waals surface area (Å²) in [4.78, 5) is 24.4. The number of carbonyl (C=O) groups is 2. The Morgan fingerprint density at radius 2 is 1.92 bits per heavy atom. The molecular weight excluding hydrogens is 312 g/mol. The Kier molecular flexibility index (Phi) is 4.00. The zero-order chi connectivity index (χ0) is 18.1. The van der Waals surface area contributed by atoms with Crippen molar-refractivity contribution in [1.29, 1.82) is 0 Å². The molecule has 4 saturated carbocycles. The Morgan fingerprint density at radius 3 is 2.60 bits per heavy atom. The number of aliphatic hydroxyl groups is 1.